The zero-order valence-electron chi connectivity index (χ0n) is 8.75. The van der Waals surface area contributed by atoms with Crippen molar-refractivity contribution in [3.05, 3.63) is 16.1 Å². The first kappa shape index (κ1) is 9.85. The fourth-order valence-electron chi connectivity index (χ4n) is 2.63. The number of rotatable bonds is 1. The minimum atomic E-state index is 0.175. The lowest BCUT2D eigenvalue weighted by Gasteiger charge is -2.28. The lowest BCUT2D eigenvalue weighted by Crippen LogP contribution is -2.24. The molecule has 82 valence electrons. The maximum atomic E-state index is 6.13. The third-order valence-electron chi connectivity index (χ3n) is 3.71. The molecule has 1 aromatic rings. The van der Waals surface area contributed by atoms with E-state index in [1.54, 1.807) is 0 Å². The predicted molar refractivity (Wildman–Crippen MR) is 62.7 cm³/mol. The highest BCUT2D eigenvalue weighted by Gasteiger charge is 2.30. The number of hydrogen-bond donors (Lipinski definition) is 1. The molecule has 2 aliphatic rings. The van der Waals surface area contributed by atoms with Crippen molar-refractivity contribution in [2.75, 3.05) is 0 Å². The molecule has 0 spiro atoms. The van der Waals surface area contributed by atoms with E-state index >= 15 is 0 Å². The standard InChI is InChI=1S/C11H16BrN3/c12-10-9-8(13)5-2-6-15(9)11(14-10)7-3-1-4-7/h7-8H,1-6,13H2. The maximum Gasteiger partial charge on any atom is 0.129 e. The molecular formula is C11H16BrN3. The van der Waals surface area contributed by atoms with E-state index in [2.05, 4.69) is 25.5 Å². The Morgan fingerprint density at radius 2 is 2.07 bits per heavy atom. The van der Waals surface area contributed by atoms with Crippen molar-refractivity contribution in [2.24, 2.45) is 5.73 Å². The Kier molecular flexibility index (Phi) is 2.36. The van der Waals surface area contributed by atoms with Gasteiger partial charge in [-0.25, -0.2) is 4.98 Å². The molecule has 1 fully saturated rings. The SMILES string of the molecule is NC1CCCn2c(C3CCC3)nc(Br)c21. The van der Waals surface area contributed by atoms with Crippen molar-refractivity contribution >= 4 is 15.9 Å². The van der Waals surface area contributed by atoms with Crippen molar-refractivity contribution in [2.45, 2.75) is 50.6 Å². The first-order valence-corrected chi connectivity index (χ1v) is 6.58. The van der Waals surface area contributed by atoms with Crippen LogP contribution in [0.1, 0.15) is 55.6 Å². The third-order valence-corrected chi connectivity index (χ3v) is 4.29. The first-order valence-electron chi connectivity index (χ1n) is 5.79. The van der Waals surface area contributed by atoms with Gasteiger partial charge >= 0.3 is 0 Å². The number of aromatic nitrogens is 2. The van der Waals surface area contributed by atoms with Gasteiger partial charge in [0.05, 0.1) is 5.69 Å². The molecule has 0 bridgehead atoms. The lowest BCUT2D eigenvalue weighted by atomic mass is 9.84. The fraction of sp³-hybridized carbons (Fsp3) is 0.727. The molecule has 1 aliphatic carbocycles. The molecule has 0 amide bonds. The lowest BCUT2D eigenvalue weighted by molar-refractivity contribution is 0.367. The Balaban J connectivity index is 2.05. The van der Waals surface area contributed by atoms with Gasteiger partial charge in [-0.1, -0.05) is 6.42 Å². The van der Waals surface area contributed by atoms with Gasteiger partial charge < -0.3 is 10.3 Å². The number of imidazole rings is 1. The molecule has 3 nitrogen and oxygen atoms in total. The van der Waals surface area contributed by atoms with Crippen LogP contribution in [0.3, 0.4) is 0 Å². The summed E-state index contributed by atoms with van der Waals surface area (Å²) in [6.07, 6.45) is 6.25. The van der Waals surface area contributed by atoms with Gasteiger partial charge in [0.25, 0.3) is 0 Å². The van der Waals surface area contributed by atoms with Crippen LogP contribution in [0, 0.1) is 0 Å². The molecule has 0 radical (unpaired) electrons. The summed E-state index contributed by atoms with van der Waals surface area (Å²) >= 11 is 3.55. The van der Waals surface area contributed by atoms with E-state index in [0.29, 0.717) is 5.92 Å². The molecule has 0 aromatic carbocycles. The van der Waals surface area contributed by atoms with Crippen LogP contribution in [0.2, 0.25) is 0 Å². The summed E-state index contributed by atoms with van der Waals surface area (Å²) in [5.41, 5.74) is 7.35. The molecule has 0 saturated heterocycles. The second kappa shape index (κ2) is 3.59. The van der Waals surface area contributed by atoms with E-state index in [0.717, 1.165) is 17.6 Å². The average molecular weight is 270 g/mol. The molecule has 1 saturated carbocycles. The zero-order chi connectivity index (χ0) is 10.4. The monoisotopic (exact) mass is 269 g/mol. The minimum Gasteiger partial charge on any atom is -0.329 e. The molecule has 4 heteroatoms. The van der Waals surface area contributed by atoms with Crippen LogP contribution >= 0.6 is 15.9 Å². The van der Waals surface area contributed by atoms with E-state index in [4.69, 9.17) is 5.73 Å². The van der Waals surface area contributed by atoms with Gasteiger partial charge in [-0.3, -0.25) is 0 Å². The van der Waals surface area contributed by atoms with Crippen LogP contribution in [0.5, 0.6) is 0 Å². The second-order valence-electron chi connectivity index (χ2n) is 4.67. The molecule has 1 aromatic heterocycles. The molecule has 2 N–H and O–H groups in total. The van der Waals surface area contributed by atoms with Gasteiger partial charge in [-0.05, 0) is 41.6 Å². The number of halogens is 1. The highest BCUT2D eigenvalue weighted by Crippen LogP contribution is 2.40. The van der Waals surface area contributed by atoms with Gasteiger partial charge in [0.1, 0.15) is 10.4 Å². The van der Waals surface area contributed by atoms with Crippen molar-refractivity contribution in [1.29, 1.82) is 0 Å². The number of fused-ring (bicyclic) bond motifs is 1. The molecule has 3 rings (SSSR count). The van der Waals surface area contributed by atoms with E-state index in [-0.39, 0.29) is 6.04 Å². The van der Waals surface area contributed by atoms with Crippen LogP contribution in [0.25, 0.3) is 0 Å². The normalized spacial score (nSPS) is 26.1. The second-order valence-corrected chi connectivity index (χ2v) is 5.43. The van der Waals surface area contributed by atoms with E-state index in [1.165, 1.54) is 37.2 Å². The number of hydrogen-bond acceptors (Lipinski definition) is 2. The number of nitrogens with two attached hydrogens (primary N) is 1. The highest BCUT2D eigenvalue weighted by molar-refractivity contribution is 9.10. The maximum absolute atomic E-state index is 6.13. The third kappa shape index (κ3) is 1.46. The van der Waals surface area contributed by atoms with Crippen molar-refractivity contribution in [3.8, 4) is 0 Å². The zero-order valence-corrected chi connectivity index (χ0v) is 10.3. The van der Waals surface area contributed by atoms with Gasteiger partial charge in [0, 0.05) is 18.5 Å². The average Bonchev–Trinajstić information content (AvgIpc) is 2.43. The van der Waals surface area contributed by atoms with Gasteiger partial charge in [-0.2, -0.15) is 0 Å². The Morgan fingerprint density at radius 1 is 1.27 bits per heavy atom. The van der Waals surface area contributed by atoms with E-state index < -0.39 is 0 Å². The molecular weight excluding hydrogens is 254 g/mol. The molecule has 15 heavy (non-hydrogen) atoms. The van der Waals surface area contributed by atoms with Crippen molar-refractivity contribution < 1.29 is 0 Å². The largest absolute Gasteiger partial charge is 0.329 e. The molecule has 1 unspecified atom stereocenters. The van der Waals surface area contributed by atoms with E-state index in [9.17, 15) is 0 Å². The summed E-state index contributed by atoms with van der Waals surface area (Å²) in [7, 11) is 0. The van der Waals surface area contributed by atoms with Gasteiger partial charge in [-0.15, -0.1) is 0 Å². The van der Waals surface area contributed by atoms with Crippen molar-refractivity contribution in [3.63, 3.8) is 0 Å². The topological polar surface area (TPSA) is 43.8 Å². The summed E-state index contributed by atoms with van der Waals surface area (Å²) in [5, 5.41) is 0. The Hall–Kier alpha value is -0.350. The molecule has 1 atom stereocenters. The smallest absolute Gasteiger partial charge is 0.129 e. The Morgan fingerprint density at radius 3 is 2.73 bits per heavy atom. The predicted octanol–water partition coefficient (Wildman–Crippen LogP) is 2.71. The molecule has 2 heterocycles. The summed E-state index contributed by atoms with van der Waals surface area (Å²) in [5.74, 6) is 1.97. The highest BCUT2D eigenvalue weighted by atomic mass is 79.9. The Labute approximate surface area is 98.2 Å². The minimum absolute atomic E-state index is 0.175. The van der Waals surface area contributed by atoms with Crippen LogP contribution in [-0.2, 0) is 6.54 Å². The summed E-state index contributed by atoms with van der Waals surface area (Å²) < 4.78 is 3.35. The van der Waals surface area contributed by atoms with Gasteiger partial charge in [0.15, 0.2) is 0 Å². The van der Waals surface area contributed by atoms with Gasteiger partial charge in [0.2, 0.25) is 0 Å². The van der Waals surface area contributed by atoms with Crippen molar-refractivity contribution in [1.82, 2.24) is 9.55 Å². The number of nitrogens with zero attached hydrogens (tertiary/aromatic N) is 2. The van der Waals surface area contributed by atoms with Crippen LogP contribution < -0.4 is 5.73 Å². The molecule has 1 aliphatic heterocycles. The summed E-state index contributed by atoms with van der Waals surface area (Å²) in [4.78, 5) is 4.66. The first-order chi connectivity index (χ1) is 7.27. The van der Waals surface area contributed by atoms with Crippen LogP contribution in [-0.4, -0.2) is 9.55 Å². The van der Waals surface area contributed by atoms with Crippen LogP contribution in [0.4, 0.5) is 0 Å². The van der Waals surface area contributed by atoms with Crippen LogP contribution in [0.15, 0.2) is 4.60 Å². The fourth-order valence-corrected chi connectivity index (χ4v) is 3.32. The Bertz CT molecular complexity index is 381. The quantitative estimate of drug-likeness (QED) is 0.852. The van der Waals surface area contributed by atoms with E-state index in [1.807, 2.05) is 0 Å². The summed E-state index contributed by atoms with van der Waals surface area (Å²) in [6, 6.07) is 0.175. The summed E-state index contributed by atoms with van der Waals surface area (Å²) in [6.45, 7) is 1.10.